The van der Waals surface area contributed by atoms with E-state index in [-0.39, 0.29) is 30.3 Å². The minimum Gasteiger partial charge on any atom is -0.479 e. The van der Waals surface area contributed by atoms with Gasteiger partial charge >= 0.3 is 12.1 Å². The largest absolute Gasteiger partial charge is 0.479 e. The number of ether oxygens (including phenoxy) is 1. The predicted octanol–water partition coefficient (Wildman–Crippen LogP) is 3.28. The Bertz CT molecular complexity index is 864. The molecule has 0 saturated heterocycles. The average molecular weight is 425 g/mol. The van der Waals surface area contributed by atoms with Crippen LogP contribution >= 0.6 is 8.03 Å². The van der Waals surface area contributed by atoms with Crippen molar-refractivity contribution < 1.29 is 38.5 Å². The summed E-state index contributed by atoms with van der Waals surface area (Å²) in [6.07, 6.45) is -1.68. The van der Waals surface area contributed by atoms with Gasteiger partial charge in [-0.3, -0.25) is 4.57 Å². The van der Waals surface area contributed by atoms with E-state index >= 15 is 0 Å². The number of benzene rings is 2. The highest BCUT2D eigenvalue weighted by molar-refractivity contribution is 7.41. The molecule has 156 valence electrons. The van der Waals surface area contributed by atoms with E-state index < -0.39 is 31.9 Å². The van der Waals surface area contributed by atoms with Gasteiger partial charge in [0.05, 0.1) is 5.69 Å². The number of anilines is 1. The van der Waals surface area contributed by atoms with Crippen molar-refractivity contribution in [2.75, 3.05) is 5.12 Å². The van der Waals surface area contributed by atoms with E-state index in [2.05, 4.69) is 0 Å². The van der Waals surface area contributed by atoms with Gasteiger partial charge in [-0.2, -0.15) is 0 Å². The van der Waals surface area contributed by atoms with Crippen molar-refractivity contribution in [3.05, 3.63) is 65.7 Å². The lowest BCUT2D eigenvalue weighted by Gasteiger charge is -2.20. The van der Waals surface area contributed by atoms with Crippen LogP contribution in [-0.2, 0) is 27.1 Å². The first kappa shape index (κ1) is 22.5. The highest BCUT2D eigenvalue weighted by Gasteiger charge is 2.41. The van der Waals surface area contributed by atoms with Gasteiger partial charge in [0.1, 0.15) is 6.61 Å². The van der Waals surface area contributed by atoms with E-state index in [9.17, 15) is 23.7 Å². The second-order valence-corrected chi connectivity index (χ2v) is 7.71. The van der Waals surface area contributed by atoms with E-state index in [1.807, 2.05) is 0 Å². The minimum atomic E-state index is -3.75. The molecule has 0 aromatic heterocycles. The van der Waals surface area contributed by atoms with Crippen molar-refractivity contribution in [1.82, 2.24) is 0 Å². The summed E-state index contributed by atoms with van der Waals surface area (Å²) in [5.74, 6) is -1.80. The molecule has 0 radical (unpaired) electrons. The molecule has 0 saturated carbocycles. The number of hydrogen-bond donors (Lipinski definition) is 3. The molecule has 0 heterocycles. The summed E-state index contributed by atoms with van der Waals surface area (Å²) in [6, 6.07) is 14.7. The number of nitrogens with zero attached hydrogens (tertiary/aromatic N) is 1. The minimum absolute atomic E-state index is 0.0241. The van der Waals surface area contributed by atoms with Crippen LogP contribution in [0.15, 0.2) is 54.6 Å². The maximum absolute atomic E-state index is 14.5. The smallest absolute Gasteiger partial charge is 0.443 e. The fourth-order valence-electron chi connectivity index (χ4n) is 2.63. The van der Waals surface area contributed by atoms with Crippen LogP contribution in [-0.4, -0.2) is 32.5 Å². The van der Waals surface area contributed by atoms with Crippen LogP contribution in [0, 0.1) is 0 Å². The summed E-state index contributed by atoms with van der Waals surface area (Å²) in [4.78, 5) is 32.2. The van der Waals surface area contributed by atoms with E-state index in [0.717, 1.165) is 0 Å². The molecule has 0 spiro atoms. The molecule has 1 amide bonds. The number of carbonyl (C=O) groups excluding carboxylic acids is 1. The molecule has 0 bridgehead atoms. The Kier molecular flexibility index (Phi) is 7.90. The quantitative estimate of drug-likeness (QED) is 0.416. The van der Waals surface area contributed by atoms with Crippen molar-refractivity contribution in [3.8, 4) is 0 Å². The highest BCUT2D eigenvalue weighted by Crippen LogP contribution is 2.37. The summed E-state index contributed by atoms with van der Waals surface area (Å²) < 4.78 is 30.7. The third-order valence-corrected chi connectivity index (χ3v) is 5.43. The van der Waals surface area contributed by atoms with Crippen LogP contribution in [0.1, 0.15) is 24.0 Å². The summed E-state index contributed by atoms with van der Waals surface area (Å²) in [5, 5.41) is 15.9. The number of amides is 1. The molecular formula is C19H21FNO7P. The molecular weight excluding hydrogens is 404 g/mol. The Morgan fingerprint density at radius 3 is 2.34 bits per heavy atom. The van der Waals surface area contributed by atoms with Gasteiger partial charge < -0.3 is 19.8 Å². The number of carbonyl (C=O) groups is 2. The number of aliphatic carboxylic acids is 1. The number of aliphatic hydroxyl groups is 1. The van der Waals surface area contributed by atoms with Crippen LogP contribution in [0.2, 0.25) is 0 Å². The number of hydrogen-bond acceptors (Lipinski definition) is 5. The first-order valence-corrected chi connectivity index (χ1v) is 10.0. The maximum Gasteiger partial charge on any atom is 0.443 e. The topological polar surface area (TPSA) is 124 Å². The van der Waals surface area contributed by atoms with Crippen molar-refractivity contribution >= 4 is 25.8 Å². The summed E-state index contributed by atoms with van der Waals surface area (Å²) in [7, 11) is -3.75. The van der Waals surface area contributed by atoms with Crippen LogP contribution in [0.3, 0.4) is 0 Å². The van der Waals surface area contributed by atoms with Gasteiger partial charge in [0.25, 0.3) is 0 Å². The third kappa shape index (κ3) is 5.87. The molecule has 0 aliphatic carbocycles. The molecule has 3 N–H and O–H groups in total. The SMILES string of the molecule is O=C(OCc1ccccc1)N(F)c1ccccc1CCCC(O)(C(=O)O)[PH](=O)O. The zero-order valence-electron chi connectivity index (χ0n) is 15.3. The number of aryl methyl sites for hydroxylation is 1. The van der Waals surface area contributed by atoms with E-state index in [1.165, 1.54) is 18.2 Å². The fraction of sp³-hybridized carbons (Fsp3) is 0.263. The second kappa shape index (κ2) is 10.2. The molecule has 2 aromatic rings. The number of carboxylic acids is 1. The Labute approximate surface area is 167 Å². The normalized spacial score (nSPS) is 13.9. The third-order valence-electron chi connectivity index (χ3n) is 4.26. The van der Waals surface area contributed by atoms with Gasteiger partial charge in [0, 0.05) is 0 Å². The molecule has 2 aromatic carbocycles. The molecule has 29 heavy (non-hydrogen) atoms. The molecule has 0 fully saturated rings. The molecule has 0 aliphatic rings. The van der Waals surface area contributed by atoms with Gasteiger partial charge in [0.15, 0.2) is 0 Å². The molecule has 10 heteroatoms. The lowest BCUT2D eigenvalue weighted by atomic mass is 10.0. The zero-order chi connectivity index (χ0) is 21.4. The molecule has 2 rings (SSSR count). The van der Waals surface area contributed by atoms with Crippen molar-refractivity contribution in [2.24, 2.45) is 0 Å². The Morgan fingerprint density at radius 1 is 1.10 bits per heavy atom. The van der Waals surface area contributed by atoms with Gasteiger partial charge in [-0.05, 0) is 36.5 Å². The van der Waals surface area contributed by atoms with Crippen LogP contribution in [0.25, 0.3) is 0 Å². The van der Waals surface area contributed by atoms with Gasteiger partial charge in [-0.1, -0.05) is 53.0 Å². The average Bonchev–Trinajstić information content (AvgIpc) is 2.72. The second-order valence-electron chi connectivity index (χ2n) is 6.27. The van der Waals surface area contributed by atoms with Gasteiger partial charge in [0.2, 0.25) is 13.4 Å². The number of halogens is 1. The number of rotatable bonds is 9. The maximum atomic E-state index is 14.5. The Morgan fingerprint density at radius 2 is 1.72 bits per heavy atom. The summed E-state index contributed by atoms with van der Waals surface area (Å²) >= 11 is 0. The van der Waals surface area contributed by atoms with Crippen LogP contribution in [0.4, 0.5) is 15.0 Å². The van der Waals surface area contributed by atoms with Crippen molar-refractivity contribution in [2.45, 2.75) is 31.2 Å². The van der Waals surface area contributed by atoms with E-state index in [1.54, 1.807) is 36.4 Å². The van der Waals surface area contributed by atoms with E-state index in [0.29, 0.717) is 11.1 Å². The summed E-state index contributed by atoms with van der Waals surface area (Å²) in [5.41, 5.74) is 0.938. The Hall–Kier alpha value is -2.74. The first-order chi connectivity index (χ1) is 13.8. The predicted molar refractivity (Wildman–Crippen MR) is 103 cm³/mol. The standard InChI is InChI=1S/C19H21FNO7P/c20-21(18(24)28-13-14-7-2-1-3-8-14)16-11-5-4-9-15(16)10-6-12-19(25,17(22)23)29(26)27/h1-5,7-9,11,25,29H,6,10,12-13H2,(H,22,23)(H,26,27). The molecule has 8 nitrogen and oxygen atoms in total. The van der Waals surface area contributed by atoms with Crippen molar-refractivity contribution in [3.63, 3.8) is 0 Å². The number of para-hydroxylation sites is 1. The zero-order valence-corrected chi connectivity index (χ0v) is 16.3. The first-order valence-electron chi connectivity index (χ1n) is 8.69. The molecule has 2 unspecified atom stereocenters. The molecule has 2 atom stereocenters. The van der Waals surface area contributed by atoms with Gasteiger partial charge in [-0.25, -0.2) is 9.59 Å². The summed E-state index contributed by atoms with van der Waals surface area (Å²) in [6.45, 7) is -0.112. The lowest BCUT2D eigenvalue weighted by Crippen LogP contribution is -2.34. The van der Waals surface area contributed by atoms with Gasteiger partial charge in [-0.15, -0.1) is 5.12 Å². The monoisotopic (exact) mass is 425 g/mol. The lowest BCUT2D eigenvalue weighted by molar-refractivity contribution is -0.151. The number of carboxylic acid groups (broad SMARTS) is 1. The van der Waals surface area contributed by atoms with E-state index in [4.69, 9.17) is 14.7 Å². The Balaban J connectivity index is 2.02. The molecule has 0 aliphatic heterocycles. The van der Waals surface area contributed by atoms with Crippen LogP contribution < -0.4 is 5.12 Å². The fourth-order valence-corrected chi connectivity index (χ4v) is 3.20. The van der Waals surface area contributed by atoms with Crippen molar-refractivity contribution in [1.29, 1.82) is 0 Å². The van der Waals surface area contributed by atoms with Crippen LogP contribution in [0.5, 0.6) is 0 Å². The highest BCUT2D eigenvalue weighted by atomic mass is 31.1.